The number of benzene rings is 3. The highest BCUT2D eigenvalue weighted by atomic mass is 19.4. The predicted octanol–water partition coefficient (Wildman–Crippen LogP) is 7.68. The smallest absolute Gasteiger partial charge is 0.406 e. The van der Waals surface area contributed by atoms with E-state index in [2.05, 4.69) is 42.7 Å². The summed E-state index contributed by atoms with van der Waals surface area (Å²) in [7, 11) is 0. The van der Waals surface area contributed by atoms with E-state index in [0.717, 1.165) is 16.7 Å². The number of halogens is 3. The molecule has 0 atom stereocenters. The van der Waals surface area contributed by atoms with Crippen LogP contribution < -0.4 is 10.1 Å². The van der Waals surface area contributed by atoms with E-state index in [1.54, 1.807) is 6.07 Å². The molecule has 1 amide bonds. The van der Waals surface area contributed by atoms with Crippen molar-refractivity contribution in [3.05, 3.63) is 101 Å². The van der Waals surface area contributed by atoms with Crippen molar-refractivity contribution in [1.29, 1.82) is 0 Å². The summed E-state index contributed by atoms with van der Waals surface area (Å²) in [5.74, 6) is -0.194. The lowest BCUT2D eigenvalue weighted by atomic mass is 9.93. The quantitative estimate of drug-likeness (QED) is 0.368. The summed E-state index contributed by atoms with van der Waals surface area (Å²) in [4.78, 5) is 17.3. The summed E-state index contributed by atoms with van der Waals surface area (Å²) >= 11 is 0. The SMILES string of the molecule is CC(C)c1ccc(NC2=C(c3ccc(C(C)C)cc3)C(c3cccc(OC(F)(F)F)c3)=NC2=O)cc1. The molecule has 1 heterocycles. The highest BCUT2D eigenvalue weighted by Gasteiger charge is 2.33. The van der Waals surface area contributed by atoms with Gasteiger partial charge in [-0.25, -0.2) is 4.99 Å². The van der Waals surface area contributed by atoms with Crippen molar-refractivity contribution < 1.29 is 22.7 Å². The lowest BCUT2D eigenvalue weighted by Crippen LogP contribution is -2.17. The summed E-state index contributed by atoms with van der Waals surface area (Å²) in [5, 5.41) is 3.20. The van der Waals surface area contributed by atoms with Crippen LogP contribution in [0.3, 0.4) is 0 Å². The molecule has 3 aromatic rings. The summed E-state index contributed by atoms with van der Waals surface area (Å²) < 4.78 is 42.5. The Kier molecular flexibility index (Phi) is 7.02. The van der Waals surface area contributed by atoms with Crippen molar-refractivity contribution in [2.45, 2.75) is 45.9 Å². The standard InChI is InChI=1S/C29H27F3N2O2/c1-17(2)19-8-10-21(11-9-19)25-26(22-6-5-7-24(16-22)36-29(30,31)32)34-28(35)27(25)33-23-14-12-20(13-15-23)18(3)4/h5-18H,1-4H3,(H,33,34,35). The monoisotopic (exact) mass is 492 g/mol. The van der Waals surface area contributed by atoms with E-state index in [1.807, 2.05) is 48.5 Å². The first-order valence-electron chi connectivity index (χ1n) is 11.7. The number of nitrogens with one attached hydrogen (secondary N) is 1. The number of carbonyl (C=O) groups is 1. The molecule has 0 saturated carbocycles. The molecule has 0 aromatic heterocycles. The van der Waals surface area contributed by atoms with E-state index in [9.17, 15) is 18.0 Å². The second kappa shape index (κ2) is 10.0. The molecule has 4 nitrogen and oxygen atoms in total. The molecule has 4 rings (SSSR count). The zero-order valence-corrected chi connectivity index (χ0v) is 20.5. The molecule has 1 aliphatic heterocycles. The number of hydrogen-bond donors (Lipinski definition) is 1. The van der Waals surface area contributed by atoms with Gasteiger partial charge in [0, 0.05) is 16.8 Å². The molecule has 186 valence electrons. The zero-order valence-electron chi connectivity index (χ0n) is 20.5. The maximum Gasteiger partial charge on any atom is 0.573 e. The minimum Gasteiger partial charge on any atom is -0.406 e. The van der Waals surface area contributed by atoms with E-state index < -0.39 is 12.3 Å². The molecule has 0 unspecified atom stereocenters. The van der Waals surface area contributed by atoms with Gasteiger partial charge in [0.2, 0.25) is 0 Å². The van der Waals surface area contributed by atoms with Gasteiger partial charge in [0.25, 0.3) is 5.91 Å². The summed E-state index contributed by atoms with van der Waals surface area (Å²) in [6.07, 6.45) is -4.83. The lowest BCUT2D eigenvalue weighted by molar-refractivity contribution is -0.274. The molecule has 1 N–H and O–H groups in total. The lowest BCUT2D eigenvalue weighted by Gasteiger charge is -2.15. The number of allylic oxidation sites excluding steroid dienone is 1. The van der Waals surface area contributed by atoms with Gasteiger partial charge in [0.15, 0.2) is 0 Å². The maximum absolute atomic E-state index is 13.1. The number of ether oxygens (including phenoxy) is 1. The van der Waals surface area contributed by atoms with Gasteiger partial charge in [-0.2, -0.15) is 0 Å². The predicted molar refractivity (Wildman–Crippen MR) is 136 cm³/mol. The van der Waals surface area contributed by atoms with Crippen molar-refractivity contribution in [3.8, 4) is 5.75 Å². The second-order valence-corrected chi connectivity index (χ2v) is 9.27. The third kappa shape index (κ3) is 5.67. The van der Waals surface area contributed by atoms with Crippen LogP contribution in [0.1, 0.15) is 61.8 Å². The Morgan fingerprint density at radius 2 is 1.39 bits per heavy atom. The van der Waals surface area contributed by atoms with Crippen molar-refractivity contribution in [2.24, 2.45) is 4.99 Å². The number of amides is 1. The molecule has 0 spiro atoms. The molecule has 0 radical (unpaired) electrons. The molecule has 0 bridgehead atoms. The van der Waals surface area contributed by atoms with E-state index in [-0.39, 0.29) is 17.2 Å². The van der Waals surface area contributed by atoms with Crippen LogP contribution >= 0.6 is 0 Å². The Morgan fingerprint density at radius 3 is 1.94 bits per heavy atom. The Hall–Kier alpha value is -3.87. The van der Waals surface area contributed by atoms with E-state index in [4.69, 9.17) is 0 Å². The van der Waals surface area contributed by atoms with E-state index in [1.165, 1.54) is 18.2 Å². The molecule has 7 heteroatoms. The van der Waals surface area contributed by atoms with Crippen LogP contribution in [0.5, 0.6) is 5.75 Å². The molecule has 36 heavy (non-hydrogen) atoms. The Labute approximate surface area is 208 Å². The van der Waals surface area contributed by atoms with Gasteiger partial charge in [-0.05, 0) is 52.8 Å². The zero-order chi connectivity index (χ0) is 26.0. The van der Waals surface area contributed by atoms with Crippen molar-refractivity contribution in [2.75, 3.05) is 5.32 Å². The van der Waals surface area contributed by atoms with Crippen LogP contribution in [-0.2, 0) is 4.79 Å². The topological polar surface area (TPSA) is 50.7 Å². The Morgan fingerprint density at radius 1 is 0.806 bits per heavy atom. The second-order valence-electron chi connectivity index (χ2n) is 9.27. The van der Waals surface area contributed by atoms with Crippen LogP contribution in [0, 0.1) is 0 Å². The minimum atomic E-state index is -4.83. The van der Waals surface area contributed by atoms with Crippen LogP contribution in [0.2, 0.25) is 0 Å². The molecule has 3 aromatic carbocycles. The average molecular weight is 493 g/mol. The third-order valence-corrected chi connectivity index (χ3v) is 5.97. The van der Waals surface area contributed by atoms with E-state index in [0.29, 0.717) is 28.7 Å². The molecule has 1 aliphatic rings. The third-order valence-electron chi connectivity index (χ3n) is 5.97. The van der Waals surface area contributed by atoms with Gasteiger partial charge in [0.05, 0.1) is 5.71 Å². The number of aliphatic imine (C=N–C) groups is 1. The highest BCUT2D eigenvalue weighted by Crippen LogP contribution is 2.34. The van der Waals surface area contributed by atoms with E-state index >= 15 is 0 Å². The number of hydrogen-bond acceptors (Lipinski definition) is 3. The normalized spacial score (nSPS) is 14.0. The number of nitrogens with zero attached hydrogens (tertiary/aromatic N) is 1. The van der Waals surface area contributed by atoms with Gasteiger partial charge < -0.3 is 10.1 Å². The molecule has 0 aliphatic carbocycles. The van der Waals surface area contributed by atoms with Crippen molar-refractivity contribution in [1.82, 2.24) is 0 Å². The van der Waals surface area contributed by atoms with Gasteiger partial charge in [-0.15, -0.1) is 13.2 Å². The van der Waals surface area contributed by atoms with Crippen molar-refractivity contribution in [3.63, 3.8) is 0 Å². The first-order valence-corrected chi connectivity index (χ1v) is 11.7. The maximum atomic E-state index is 13.1. The van der Waals surface area contributed by atoms with Gasteiger partial charge in [-0.1, -0.05) is 76.2 Å². The number of anilines is 1. The molecular weight excluding hydrogens is 465 g/mol. The minimum absolute atomic E-state index is 0.265. The Balaban J connectivity index is 1.79. The fourth-order valence-electron chi connectivity index (χ4n) is 4.02. The molecular formula is C29H27F3N2O2. The van der Waals surface area contributed by atoms with Crippen LogP contribution in [0.15, 0.2) is 83.5 Å². The number of alkyl halides is 3. The number of carbonyl (C=O) groups excluding carboxylic acids is 1. The summed E-state index contributed by atoms with van der Waals surface area (Å²) in [6, 6.07) is 21.0. The van der Waals surface area contributed by atoms with Gasteiger partial charge >= 0.3 is 6.36 Å². The van der Waals surface area contributed by atoms with Gasteiger partial charge in [-0.3, -0.25) is 4.79 Å². The molecule has 0 saturated heterocycles. The first kappa shape index (κ1) is 25.2. The fourth-order valence-corrected chi connectivity index (χ4v) is 4.02. The fraction of sp³-hybridized carbons (Fsp3) is 0.241. The largest absolute Gasteiger partial charge is 0.573 e. The van der Waals surface area contributed by atoms with Crippen molar-refractivity contribution >= 4 is 22.9 Å². The van der Waals surface area contributed by atoms with Gasteiger partial charge in [0.1, 0.15) is 11.4 Å². The summed E-state index contributed by atoms with van der Waals surface area (Å²) in [5.41, 5.74) is 5.15. The van der Waals surface area contributed by atoms with Crippen LogP contribution in [-0.4, -0.2) is 18.0 Å². The van der Waals surface area contributed by atoms with Crippen LogP contribution in [0.4, 0.5) is 18.9 Å². The first-order chi connectivity index (χ1) is 17.0. The highest BCUT2D eigenvalue weighted by molar-refractivity contribution is 6.42. The number of rotatable bonds is 7. The van der Waals surface area contributed by atoms with Crippen LogP contribution in [0.25, 0.3) is 5.57 Å². The molecule has 0 fully saturated rings. The summed E-state index contributed by atoms with van der Waals surface area (Å²) in [6.45, 7) is 8.36. The average Bonchev–Trinajstić information content (AvgIpc) is 3.14. The Bertz CT molecular complexity index is 1320.